The summed E-state index contributed by atoms with van der Waals surface area (Å²) in [5.74, 6) is 2.06. The molecule has 1 aromatic carbocycles. The third kappa shape index (κ3) is 1.92. The smallest absolute Gasteiger partial charge is 0.254 e. The molecule has 1 aromatic heterocycles. The Morgan fingerprint density at radius 1 is 1.24 bits per heavy atom. The number of ether oxygens (including phenoxy) is 3. The molecule has 1 aliphatic rings. The molecule has 0 aliphatic carbocycles. The second-order valence-electron chi connectivity index (χ2n) is 3.37. The number of aromatic nitrogens is 2. The molecule has 0 bridgehead atoms. The summed E-state index contributed by atoms with van der Waals surface area (Å²) in [7, 11) is 0. The summed E-state index contributed by atoms with van der Waals surface area (Å²) in [4.78, 5) is 17.3. The van der Waals surface area contributed by atoms with Crippen LogP contribution in [0, 0.1) is 0 Å². The Balaban J connectivity index is 1.88. The summed E-state index contributed by atoms with van der Waals surface area (Å²) in [5.41, 5.74) is -0.268. The van der Waals surface area contributed by atoms with E-state index in [9.17, 15) is 4.79 Å². The SMILES string of the molecule is O=c1cc(Oc2ccc3c(c2)OCO3)nc[nH]1. The van der Waals surface area contributed by atoms with Crippen LogP contribution in [0.2, 0.25) is 0 Å². The lowest BCUT2D eigenvalue weighted by atomic mass is 10.3. The molecule has 3 rings (SSSR count). The third-order valence-electron chi connectivity index (χ3n) is 2.22. The van der Waals surface area contributed by atoms with Gasteiger partial charge in [-0.15, -0.1) is 0 Å². The molecule has 6 heteroatoms. The van der Waals surface area contributed by atoms with Crippen molar-refractivity contribution in [2.45, 2.75) is 0 Å². The van der Waals surface area contributed by atoms with Gasteiger partial charge in [-0.05, 0) is 12.1 Å². The average Bonchev–Trinajstić information content (AvgIpc) is 2.76. The van der Waals surface area contributed by atoms with E-state index in [-0.39, 0.29) is 18.2 Å². The number of aromatic amines is 1. The van der Waals surface area contributed by atoms with Gasteiger partial charge in [0, 0.05) is 6.07 Å². The van der Waals surface area contributed by atoms with Crippen LogP contribution in [0.4, 0.5) is 0 Å². The second kappa shape index (κ2) is 3.82. The van der Waals surface area contributed by atoms with E-state index in [4.69, 9.17) is 14.2 Å². The molecular formula is C11H8N2O4. The molecule has 6 nitrogen and oxygen atoms in total. The molecule has 0 spiro atoms. The van der Waals surface area contributed by atoms with Crippen molar-refractivity contribution in [1.29, 1.82) is 0 Å². The highest BCUT2D eigenvalue weighted by Crippen LogP contribution is 2.36. The Labute approximate surface area is 95.8 Å². The third-order valence-corrected chi connectivity index (χ3v) is 2.22. The number of rotatable bonds is 2. The van der Waals surface area contributed by atoms with Crippen molar-refractivity contribution in [3.63, 3.8) is 0 Å². The average molecular weight is 232 g/mol. The highest BCUT2D eigenvalue weighted by atomic mass is 16.7. The maximum absolute atomic E-state index is 11.0. The van der Waals surface area contributed by atoms with Crippen molar-refractivity contribution >= 4 is 0 Å². The standard InChI is InChI=1S/C11H8N2O4/c14-10-4-11(13-5-12-10)17-7-1-2-8-9(3-7)16-6-15-8/h1-5H,6H2,(H,12,13,14). The summed E-state index contributed by atoms with van der Waals surface area (Å²) in [6.07, 6.45) is 1.28. The van der Waals surface area contributed by atoms with Gasteiger partial charge in [-0.25, -0.2) is 4.98 Å². The molecule has 2 heterocycles. The molecule has 0 fully saturated rings. The van der Waals surface area contributed by atoms with Crippen LogP contribution in [0.1, 0.15) is 0 Å². The fourth-order valence-electron chi connectivity index (χ4n) is 1.47. The molecule has 0 radical (unpaired) electrons. The van der Waals surface area contributed by atoms with Crippen molar-refractivity contribution in [3.05, 3.63) is 40.9 Å². The molecule has 1 N–H and O–H groups in total. The van der Waals surface area contributed by atoms with Crippen molar-refractivity contribution in [3.8, 4) is 23.1 Å². The molecule has 0 saturated carbocycles. The van der Waals surface area contributed by atoms with Gasteiger partial charge in [0.05, 0.1) is 12.4 Å². The van der Waals surface area contributed by atoms with E-state index >= 15 is 0 Å². The zero-order chi connectivity index (χ0) is 11.7. The number of benzene rings is 1. The highest BCUT2D eigenvalue weighted by Gasteiger charge is 2.14. The Morgan fingerprint density at radius 2 is 2.12 bits per heavy atom. The maximum atomic E-state index is 11.0. The van der Waals surface area contributed by atoms with E-state index in [0.29, 0.717) is 17.2 Å². The number of hydrogen-bond acceptors (Lipinski definition) is 5. The Kier molecular flexibility index (Phi) is 2.18. The molecular weight excluding hydrogens is 224 g/mol. The predicted octanol–water partition coefficient (Wildman–Crippen LogP) is 1.29. The topological polar surface area (TPSA) is 73.4 Å². The summed E-state index contributed by atoms with van der Waals surface area (Å²) < 4.78 is 15.8. The van der Waals surface area contributed by atoms with Gasteiger partial charge in [-0.3, -0.25) is 4.79 Å². The Bertz CT molecular complexity index is 608. The number of H-pyrrole nitrogens is 1. The first-order chi connectivity index (χ1) is 8.31. The molecule has 1 aliphatic heterocycles. The minimum Gasteiger partial charge on any atom is -0.454 e. The van der Waals surface area contributed by atoms with Crippen LogP contribution in [0.15, 0.2) is 35.4 Å². The molecule has 0 saturated heterocycles. The lowest BCUT2D eigenvalue weighted by Crippen LogP contribution is -2.04. The van der Waals surface area contributed by atoms with Crippen LogP contribution in [0.5, 0.6) is 23.1 Å². The number of hydrogen-bond donors (Lipinski definition) is 1. The lowest BCUT2D eigenvalue weighted by Gasteiger charge is -2.04. The van der Waals surface area contributed by atoms with Gasteiger partial charge < -0.3 is 19.2 Å². The number of fused-ring (bicyclic) bond motifs is 1. The van der Waals surface area contributed by atoms with E-state index < -0.39 is 0 Å². The van der Waals surface area contributed by atoms with Gasteiger partial charge in [0.25, 0.3) is 5.56 Å². The summed E-state index contributed by atoms with van der Waals surface area (Å²) in [6, 6.07) is 6.41. The van der Waals surface area contributed by atoms with Crippen LogP contribution in [0.3, 0.4) is 0 Å². The molecule has 0 amide bonds. The molecule has 17 heavy (non-hydrogen) atoms. The van der Waals surface area contributed by atoms with Crippen LogP contribution in [0.25, 0.3) is 0 Å². The van der Waals surface area contributed by atoms with Gasteiger partial charge in [-0.2, -0.15) is 0 Å². The maximum Gasteiger partial charge on any atom is 0.254 e. The monoisotopic (exact) mass is 232 g/mol. The minimum absolute atomic E-state index is 0.210. The first kappa shape index (κ1) is 9.71. The second-order valence-corrected chi connectivity index (χ2v) is 3.37. The van der Waals surface area contributed by atoms with E-state index in [1.54, 1.807) is 18.2 Å². The van der Waals surface area contributed by atoms with E-state index in [2.05, 4.69) is 9.97 Å². The molecule has 2 aromatic rings. The zero-order valence-corrected chi connectivity index (χ0v) is 8.67. The van der Waals surface area contributed by atoms with Gasteiger partial charge >= 0.3 is 0 Å². The number of nitrogens with one attached hydrogen (secondary N) is 1. The first-order valence-corrected chi connectivity index (χ1v) is 4.93. The molecule has 0 unspecified atom stereocenters. The largest absolute Gasteiger partial charge is 0.454 e. The predicted molar refractivity (Wildman–Crippen MR) is 57.5 cm³/mol. The molecule has 86 valence electrons. The highest BCUT2D eigenvalue weighted by molar-refractivity contribution is 5.47. The fraction of sp³-hybridized carbons (Fsp3) is 0.0909. The van der Waals surface area contributed by atoms with Crippen LogP contribution in [-0.4, -0.2) is 16.8 Å². The normalized spacial score (nSPS) is 12.5. The number of nitrogens with zero attached hydrogens (tertiary/aromatic N) is 1. The molecule has 0 atom stereocenters. The minimum atomic E-state index is -0.268. The summed E-state index contributed by atoms with van der Waals surface area (Å²) in [5, 5.41) is 0. The van der Waals surface area contributed by atoms with Gasteiger partial charge in [0.1, 0.15) is 5.75 Å². The summed E-state index contributed by atoms with van der Waals surface area (Å²) >= 11 is 0. The van der Waals surface area contributed by atoms with Gasteiger partial charge in [0.15, 0.2) is 11.5 Å². The van der Waals surface area contributed by atoms with Crippen LogP contribution < -0.4 is 19.8 Å². The van der Waals surface area contributed by atoms with E-state index in [1.165, 1.54) is 12.4 Å². The van der Waals surface area contributed by atoms with Crippen molar-refractivity contribution in [2.24, 2.45) is 0 Å². The van der Waals surface area contributed by atoms with Crippen LogP contribution in [-0.2, 0) is 0 Å². The van der Waals surface area contributed by atoms with Crippen molar-refractivity contribution < 1.29 is 14.2 Å². The van der Waals surface area contributed by atoms with E-state index in [1.807, 2.05) is 0 Å². The van der Waals surface area contributed by atoms with Gasteiger partial charge in [0.2, 0.25) is 12.7 Å². The quantitative estimate of drug-likeness (QED) is 0.844. The fourth-order valence-corrected chi connectivity index (χ4v) is 1.47. The summed E-state index contributed by atoms with van der Waals surface area (Å²) in [6.45, 7) is 0.210. The van der Waals surface area contributed by atoms with Crippen molar-refractivity contribution in [1.82, 2.24) is 9.97 Å². The lowest BCUT2D eigenvalue weighted by molar-refractivity contribution is 0.174. The van der Waals surface area contributed by atoms with E-state index in [0.717, 1.165) is 0 Å². The van der Waals surface area contributed by atoms with Crippen molar-refractivity contribution in [2.75, 3.05) is 6.79 Å². The van der Waals surface area contributed by atoms with Gasteiger partial charge in [-0.1, -0.05) is 0 Å². The Morgan fingerprint density at radius 3 is 3.00 bits per heavy atom. The first-order valence-electron chi connectivity index (χ1n) is 4.93. The zero-order valence-electron chi connectivity index (χ0n) is 8.67. The Hall–Kier alpha value is -2.50. The van der Waals surface area contributed by atoms with Crippen LogP contribution >= 0.6 is 0 Å².